The van der Waals surface area contributed by atoms with Crippen LogP contribution in [0, 0.1) is 6.92 Å². The second kappa shape index (κ2) is 7.06. The summed E-state index contributed by atoms with van der Waals surface area (Å²) in [5, 5.41) is 18.7. The summed E-state index contributed by atoms with van der Waals surface area (Å²) in [6, 6.07) is 9.68. The van der Waals surface area contributed by atoms with Gasteiger partial charge in [0.2, 0.25) is 0 Å². The van der Waals surface area contributed by atoms with Crippen molar-refractivity contribution in [3.05, 3.63) is 41.2 Å². The first-order valence-corrected chi connectivity index (χ1v) is 6.85. The zero-order valence-electron chi connectivity index (χ0n) is 12.4. The van der Waals surface area contributed by atoms with Crippen LogP contribution in [0.5, 0.6) is 0 Å². The van der Waals surface area contributed by atoms with Crippen molar-refractivity contribution in [2.75, 3.05) is 19.5 Å². The number of hydrogen-bond donors (Lipinski definition) is 2. The molecule has 3 aromatic rings. The molecule has 8 heteroatoms. The number of para-hydroxylation sites is 1. The quantitative estimate of drug-likeness (QED) is 0.770. The molecule has 3 rings (SSSR count). The molecule has 2 aromatic heterocycles. The van der Waals surface area contributed by atoms with Crippen LogP contribution in [0.3, 0.4) is 0 Å². The van der Waals surface area contributed by atoms with Crippen molar-refractivity contribution in [3.63, 3.8) is 0 Å². The van der Waals surface area contributed by atoms with E-state index in [0.717, 1.165) is 12.8 Å². The average Bonchev–Trinajstić information content (AvgIpc) is 3.13. The summed E-state index contributed by atoms with van der Waals surface area (Å²) in [5.41, 5.74) is 1.35. The lowest BCUT2D eigenvalue weighted by Gasteiger charge is -2.06. The van der Waals surface area contributed by atoms with E-state index >= 15 is 0 Å². The summed E-state index contributed by atoms with van der Waals surface area (Å²) >= 11 is 6.35. The highest BCUT2D eigenvalue weighted by atomic mass is 35.5. The van der Waals surface area contributed by atoms with Crippen LogP contribution in [0.1, 0.15) is 5.82 Å². The zero-order valence-corrected chi connectivity index (χ0v) is 13.2. The normalized spacial score (nSPS) is 10.0. The lowest BCUT2D eigenvalue weighted by molar-refractivity contribution is 0.399. The molecule has 0 aliphatic heterocycles. The Labute approximate surface area is 132 Å². The lowest BCUT2D eigenvalue weighted by Crippen LogP contribution is -2.02. The third-order valence-electron chi connectivity index (χ3n) is 2.80. The number of halogens is 1. The summed E-state index contributed by atoms with van der Waals surface area (Å²) in [6.45, 7) is 1.74. The van der Waals surface area contributed by atoms with Gasteiger partial charge in [-0.1, -0.05) is 35.0 Å². The van der Waals surface area contributed by atoms with Crippen LogP contribution in [-0.2, 0) is 0 Å². The van der Waals surface area contributed by atoms with E-state index < -0.39 is 0 Å². The topological polar surface area (TPSA) is 89.0 Å². The van der Waals surface area contributed by atoms with Gasteiger partial charge in [0, 0.05) is 14.2 Å². The van der Waals surface area contributed by atoms with E-state index in [1.165, 1.54) is 0 Å². The molecule has 0 saturated heterocycles. The van der Waals surface area contributed by atoms with Crippen molar-refractivity contribution in [1.29, 1.82) is 0 Å². The summed E-state index contributed by atoms with van der Waals surface area (Å²) in [6.07, 6.45) is 0. The molecule has 7 nitrogen and oxygen atoms in total. The van der Waals surface area contributed by atoms with Crippen LogP contribution < -0.4 is 5.32 Å². The molecule has 2 heterocycles. The maximum atomic E-state index is 7.00. The summed E-state index contributed by atoms with van der Waals surface area (Å²) in [7, 11) is 2.78. The molecule has 0 fully saturated rings. The Balaban J connectivity index is 0.000000847. The van der Waals surface area contributed by atoms with Crippen LogP contribution in [0.15, 0.2) is 34.9 Å². The molecule has 0 aliphatic carbocycles. The molecule has 0 aliphatic rings. The number of anilines is 1. The SMILES string of the molecule is CNc1c(Cl)c(-c2nc(C)no2)nn1-c1ccccc1.CO. The van der Waals surface area contributed by atoms with Gasteiger partial charge in [-0.3, -0.25) is 0 Å². The number of aromatic nitrogens is 4. The van der Waals surface area contributed by atoms with Gasteiger partial charge in [0.1, 0.15) is 10.8 Å². The fourth-order valence-corrected chi connectivity index (χ4v) is 2.19. The molecule has 0 bridgehead atoms. The Morgan fingerprint density at radius 1 is 1.23 bits per heavy atom. The molecular formula is C14H16ClN5O2. The number of benzene rings is 1. The molecule has 116 valence electrons. The van der Waals surface area contributed by atoms with Crippen LogP contribution in [-0.4, -0.2) is 39.2 Å². The molecular weight excluding hydrogens is 306 g/mol. The van der Waals surface area contributed by atoms with Crippen molar-refractivity contribution >= 4 is 17.4 Å². The van der Waals surface area contributed by atoms with Gasteiger partial charge < -0.3 is 14.9 Å². The first kappa shape index (κ1) is 16.0. The molecule has 0 radical (unpaired) electrons. The number of aliphatic hydroxyl groups excluding tert-OH is 1. The third-order valence-corrected chi connectivity index (χ3v) is 3.15. The summed E-state index contributed by atoms with van der Waals surface area (Å²) in [5.74, 6) is 1.51. The predicted octanol–water partition coefficient (Wildman–Crippen LogP) is 2.53. The van der Waals surface area contributed by atoms with Gasteiger partial charge in [0.15, 0.2) is 11.5 Å². The summed E-state index contributed by atoms with van der Waals surface area (Å²) in [4.78, 5) is 4.16. The van der Waals surface area contributed by atoms with Crippen LogP contribution in [0.2, 0.25) is 5.02 Å². The van der Waals surface area contributed by atoms with Gasteiger partial charge in [0.25, 0.3) is 5.89 Å². The van der Waals surface area contributed by atoms with Crippen LogP contribution in [0.25, 0.3) is 17.3 Å². The number of nitrogens with zero attached hydrogens (tertiary/aromatic N) is 4. The smallest absolute Gasteiger partial charge is 0.280 e. The first-order chi connectivity index (χ1) is 10.7. The predicted molar refractivity (Wildman–Crippen MR) is 84.3 cm³/mol. The van der Waals surface area contributed by atoms with E-state index in [2.05, 4.69) is 20.6 Å². The van der Waals surface area contributed by atoms with Crippen molar-refractivity contribution < 1.29 is 9.63 Å². The average molecular weight is 322 g/mol. The molecule has 2 N–H and O–H groups in total. The van der Waals surface area contributed by atoms with Gasteiger partial charge in [-0.15, -0.1) is 0 Å². The minimum absolute atomic E-state index is 0.304. The van der Waals surface area contributed by atoms with E-state index in [9.17, 15) is 0 Å². The van der Waals surface area contributed by atoms with Gasteiger partial charge in [0.05, 0.1) is 5.69 Å². The highest BCUT2D eigenvalue weighted by Crippen LogP contribution is 2.34. The Morgan fingerprint density at radius 3 is 2.45 bits per heavy atom. The van der Waals surface area contributed by atoms with E-state index in [4.69, 9.17) is 21.2 Å². The molecule has 0 amide bonds. The van der Waals surface area contributed by atoms with Gasteiger partial charge >= 0.3 is 0 Å². The fraction of sp³-hybridized carbons (Fsp3) is 0.214. The molecule has 0 spiro atoms. The first-order valence-electron chi connectivity index (χ1n) is 6.48. The maximum absolute atomic E-state index is 7.00. The van der Waals surface area contributed by atoms with Crippen LogP contribution >= 0.6 is 11.6 Å². The Morgan fingerprint density at radius 2 is 1.91 bits per heavy atom. The number of hydrogen-bond acceptors (Lipinski definition) is 6. The molecule has 0 atom stereocenters. The second-order valence-corrected chi connectivity index (χ2v) is 4.53. The second-order valence-electron chi connectivity index (χ2n) is 4.16. The van der Waals surface area contributed by atoms with Crippen molar-refractivity contribution in [1.82, 2.24) is 19.9 Å². The minimum atomic E-state index is 0.304. The van der Waals surface area contributed by atoms with Gasteiger partial charge in [-0.25, -0.2) is 4.68 Å². The molecule has 0 saturated carbocycles. The maximum Gasteiger partial charge on any atom is 0.280 e. The minimum Gasteiger partial charge on any atom is -0.400 e. The fourth-order valence-electron chi connectivity index (χ4n) is 1.90. The molecule has 1 aromatic carbocycles. The van der Waals surface area contributed by atoms with Gasteiger partial charge in [-0.2, -0.15) is 10.1 Å². The number of aliphatic hydroxyl groups is 1. The Hall–Kier alpha value is -2.38. The Kier molecular flexibility index (Phi) is 5.13. The van der Waals surface area contributed by atoms with E-state index in [1.807, 2.05) is 30.3 Å². The van der Waals surface area contributed by atoms with E-state index in [-0.39, 0.29) is 0 Å². The number of rotatable bonds is 3. The van der Waals surface area contributed by atoms with Gasteiger partial charge in [-0.05, 0) is 19.1 Å². The highest BCUT2D eigenvalue weighted by molar-refractivity contribution is 6.35. The zero-order chi connectivity index (χ0) is 16.1. The molecule has 0 unspecified atom stereocenters. The Bertz CT molecular complexity index is 739. The van der Waals surface area contributed by atoms with E-state index in [1.54, 1.807) is 18.7 Å². The largest absolute Gasteiger partial charge is 0.400 e. The van der Waals surface area contributed by atoms with Crippen LogP contribution in [0.4, 0.5) is 5.82 Å². The highest BCUT2D eigenvalue weighted by Gasteiger charge is 2.21. The van der Waals surface area contributed by atoms with Crippen molar-refractivity contribution in [3.8, 4) is 17.3 Å². The monoisotopic (exact) mass is 321 g/mol. The van der Waals surface area contributed by atoms with E-state index in [0.29, 0.717) is 28.2 Å². The standard InChI is InChI=1S/C13H12ClN5O.CH4O/c1-8-16-13(20-18-8)11-10(14)12(15-2)19(17-11)9-6-4-3-5-7-9;1-2/h3-7,15H,1-2H3;2H,1H3. The third kappa shape index (κ3) is 2.95. The molecule has 22 heavy (non-hydrogen) atoms. The van der Waals surface area contributed by atoms with Crippen molar-refractivity contribution in [2.45, 2.75) is 6.92 Å². The summed E-state index contributed by atoms with van der Waals surface area (Å²) < 4.78 is 6.84. The lowest BCUT2D eigenvalue weighted by atomic mass is 10.3. The van der Waals surface area contributed by atoms with Crippen molar-refractivity contribution in [2.24, 2.45) is 0 Å². The number of aryl methyl sites for hydroxylation is 1. The number of nitrogens with one attached hydrogen (secondary N) is 1.